The molecule has 0 unspecified atom stereocenters. The first-order valence-electron chi connectivity index (χ1n) is 8.21. The molecule has 4 rings (SSSR count). The monoisotopic (exact) mass is 408 g/mol. The first-order valence-corrected chi connectivity index (χ1v) is 9.97. The van der Waals surface area contributed by atoms with E-state index in [1.807, 2.05) is 0 Å². The number of hydrogen-bond acceptors (Lipinski definition) is 7. The Morgan fingerprint density at radius 2 is 2.15 bits per heavy atom. The van der Waals surface area contributed by atoms with Crippen molar-refractivity contribution in [2.75, 3.05) is 5.32 Å². The van der Waals surface area contributed by atoms with E-state index < -0.39 is 16.9 Å². The molecule has 1 saturated carbocycles. The van der Waals surface area contributed by atoms with Gasteiger partial charge < -0.3 is 9.73 Å². The van der Waals surface area contributed by atoms with Gasteiger partial charge in [-0.2, -0.15) is 0 Å². The van der Waals surface area contributed by atoms with E-state index in [0.29, 0.717) is 33.4 Å². The van der Waals surface area contributed by atoms with Gasteiger partial charge in [0.05, 0.1) is 10.9 Å². The Kier molecular flexibility index (Phi) is 4.92. The number of thioether (sulfide) groups is 1. The van der Waals surface area contributed by atoms with Crippen molar-refractivity contribution in [3.63, 3.8) is 0 Å². The van der Waals surface area contributed by atoms with E-state index in [9.17, 15) is 13.6 Å². The highest BCUT2D eigenvalue weighted by Crippen LogP contribution is 2.40. The van der Waals surface area contributed by atoms with E-state index in [1.165, 1.54) is 29.2 Å². The molecule has 27 heavy (non-hydrogen) atoms. The lowest BCUT2D eigenvalue weighted by Gasteiger charge is -2.07. The first kappa shape index (κ1) is 18.1. The molecule has 1 N–H and O–H groups in total. The van der Waals surface area contributed by atoms with Crippen LogP contribution in [-0.4, -0.2) is 26.3 Å². The van der Waals surface area contributed by atoms with E-state index in [2.05, 4.69) is 20.5 Å². The average Bonchev–Trinajstić information content (AvgIpc) is 3.21. The molecular weight excluding hydrogens is 394 g/mol. The van der Waals surface area contributed by atoms with Gasteiger partial charge in [0.1, 0.15) is 0 Å². The van der Waals surface area contributed by atoms with Crippen molar-refractivity contribution in [2.24, 2.45) is 0 Å². The zero-order valence-electron chi connectivity index (χ0n) is 14.1. The number of amides is 1. The summed E-state index contributed by atoms with van der Waals surface area (Å²) in [4.78, 5) is 16.6. The third kappa shape index (κ3) is 4.16. The van der Waals surface area contributed by atoms with Crippen LogP contribution in [0.1, 0.15) is 31.6 Å². The number of carbonyl (C=O) groups excluding carboxylic acids is 1. The smallest absolute Gasteiger partial charge is 0.277 e. The van der Waals surface area contributed by atoms with Crippen molar-refractivity contribution in [1.29, 1.82) is 0 Å². The standard InChI is InChI=1S/C17H14F2N4O2S2/c1-8(27-17-23-22-15(25-17)9-2-3-9)14(24)21-16-20-13(7-26-16)10-4-5-11(18)12(19)6-10/h4-9H,2-3H2,1H3,(H,20,21,24)/t8-/m1/s1. The second-order valence-electron chi connectivity index (χ2n) is 6.10. The number of rotatable bonds is 6. The van der Waals surface area contributed by atoms with Crippen LogP contribution in [-0.2, 0) is 4.79 Å². The van der Waals surface area contributed by atoms with Crippen LogP contribution in [0.2, 0.25) is 0 Å². The summed E-state index contributed by atoms with van der Waals surface area (Å²) in [5, 5.41) is 12.6. The maximum absolute atomic E-state index is 13.4. The molecule has 0 bridgehead atoms. The Hall–Kier alpha value is -2.33. The summed E-state index contributed by atoms with van der Waals surface area (Å²) in [6.45, 7) is 1.73. The highest BCUT2D eigenvalue weighted by Gasteiger charge is 2.30. The van der Waals surface area contributed by atoms with Crippen molar-refractivity contribution in [1.82, 2.24) is 15.2 Å². The van der Waals surface area contributed by atoms with Gasteiger partial charge in [-0.15, -0.1) is 21.5 Å². The third-order valence-corrected chi connectivity index (χ3v) is 5.64. The molecule has 1 aliphatic carbocycles. The van der Waals surface area contributed by atoms with Crippen molar-refractivity contribution in [3.8, 4) is 11.3 Å². The van der Waals surface area contributed by atoms with Crippen LogP contribution in [0.4, 0.5) is 13.9 Å². The molecule has 0 radical (unpaired) electrons. The molecule has 0 spiro atoms. The summed E-state index contributed by atoms with van der Waals surface area (Å²) < 4.78 is 31.9. The zero-order valence-corrected chi connectivity index (χ0v) is 15.7. The van der Waals surface area contributed by atoms with Crippen LogP contribution in [0.25, 0.3) is 11.3 Å². The molecule has 0 aliphatic heterocycles. The van der Waals surface area contributed by atoms with E-state index in [4.69, 9.17) is 4.42 Å². The Labute approximate surface area is 161 Å². The van der Waals surface area contributed by atoms with Gasteiger partial charge in [0.25, 0.3) is 5.22 Å². The van der Waals surface area contributed by atoms with E-state index in [-0.39, 0.29) is 5.91 Å². The summed E-state index contributed by atoms with van der Waals surface area (Å²) in [6, 6.07) is 3.55. The predicted octanol–water partition coefficient (Wildman–Crippen LogP) is 4.47. The first-order chi connectivity index (χ1) is 13.0. The van der Waals surface area contributed by atoms with Gasteiger partial charge in [-0.1, -0.05) is 11.8 Å². The molecule has 140 valence electrons. The van der Waals surface area contributed by atoms with Gasteiger partial charge >= 0.3 is 0 Å². The lowest BCUT2D eigenvalue weighted by atomic mass is 10.2. The van der Waals surface area contributed by atoms with Crippen LogP contribution in [0.15, 0.2) is 33.2 Å². The average molecular weight is 408 g/mol. The maximum Gasteiger partial charge on any atom is 0.277 e. The predicted molar refractivity (Wildman–Crippen MR) is 97.7 cm³/mol. The Balaban J connectivity index is 1.38. The molecule has 3 aromatic rings. The van der Waals surface area contributed by atoms with Gasteiger partial charge in [-0.3, -0.25) is 4.79 Å². The minimum Gasteiger partial charge on any atom is -0.416 e. The van der Waals surface area contributed by atoms with Gasteiger partial charge in [-0.25, -0.2) is 13.8 Å². The van der Waals surface area contributed by atoms with Crippen molar-refractivity contribution in [2.45, 2.75) is 36.2 Å². The fourth-order valence-electron chi connectivity index (χ4n) is 2.29. The number of aromatic nitrogens is 3. The third-order valence-electron chi connectivity index (χ3n) is 3.95. The molecule has 10 heteroatoms. The number of halogens is 2. The number of nitrogens with one attached hydrogen (secondary N) is 1. The molecule has 1 aliphatic rings. The molecule has 2 aromatic heterocycles. The molecule has 1 atom stereocenters. The van der Waals surface area contributed by atoms with Gasteiger partial charge in [0.15, 0.2) is 16.8 Å². The maximum atomic E-state index is 13.4. The SMILES string of the molecule is C[C@@H](Sc1nnc(C2CC2)o1)C(=O)Nc1nc(-c2ccc(F)c(F)c2)cs1. The topological polar surface area (TPSA) is 80.9 Å². The Bertz CT molecular complexity index is 987. The number of anilines is 1. The van der Waals surface area contributed by atoms with Gasteiger partial charge in [0, 0.05) is 16.9 Å². The van der Waals surface area contributed by atoms with Crippen LogP contribution in [0, 0.1) is 11.6 Å². The molecule has 1 fully saturated rings. The highest BCUT2D eigenvalue weighted by atomic mass is 32.2. The normalized spacial score (nSPS) is 14.9. The Morgan fingerprint density at radius 1 is 1.33 bits per heavy atom. The lowest BCUT2D eigenvalue weighted by molar-refractivity contribution is -0.115. The summed E-state index contributed by atoms with van der Waals surface area (Å²) in [6.07, 6.45) is 2.12. The summed E-state index contributed by atoms with van der Waals surface area (Å²) >= 11 is 2.38. The van der Waals surface area contributed by atoms with Crippen LogP contribution < -0.4 is 5.32 Å². The molecule has 0 saturated heterocycles. The van der Waals surface area contributed by atoms with Crippen LogP contribution in [0.5, 0.6) is 0 Å². The highest BCUT2D eigenvalue weighted by molar-refractivity contribution is 8.00. The molecular formula is C17H14F2N4O2S2. The summed E-state index contributed by atoms with van der Waals surface area (Å²) in [5.74, 6) is -1.14. The summed E-state index contributed by atoms with van der Waals surface area (Å²) in [5.41, 5.74) is 0.895. The minimum absolute atomic E-state index is 0.266. The second kappa shape index (κ2) is 7.35. The number of carbonyl (C=O) groups is 1. The number of nitrogens with zero attached hydrogens (tertiary/aromatic N) is 3. The van der Waals surface area contributed by atoms with E-state index >= 15 is 0 Å². The number of benzene rings is 1. The molecule has 1 aromatic carbocycles. The van der Waals surface area contributed by atoms with Crippen molar-refractivity contribution < 1.29 is 18.0 Å². The summed E-state index contributed by atoms with van der Waals surface area (Å²) in [7, 11) is 0. The zero-order chi connectivity index (χ0) is 19.0. The van der Waals surface area contributed by atoms with Gasteiger partial charge in [-0.05, 0) is 38.0 Å². The van der Waals surface area contributed by atoms with Gasteiger partial charge in [0.2, 0.25) is 11.8 Å². The fourth-order valence-corrected chi connectivity index (χ4v) is 3.71. The lowest BCUT2D eigenvalue weighted by Crippen LogP contribution is -2.22. The van der Waals surface area contributed by atoms with Crippen LogP contribution >= 0.6 is 23.1 Å². The molecule has 2 heterocycles. The fraction of sp³-hybridized carbons (Fsp3) is 0.294. The van der Waals surface area contributed by atoms with Crippen molar-refractivity contribution in [3.05, 3.63) is 41.1 Å². The number of hydrogen-bond donors (Lipinski definition) is 1. The van der Waals surface area contributed by atoms with Crippen LogP contribution in [0.3, 0.4) is 0 Å². The quantitative estimate of drug-likeness (QED) is 0.606. The second-order valence-corrected chi connectivity index (χ2v) is 8.25. The minimum atomic E-state index is -0.943. The Morgan fingerprint density at radius 3 is 2.89 bits per heavy atom. The van der Waals surface area contributed by atoms with E-state index in [1.54, 1.807) is 12.3 Å². The largest absolute Gasteiger partial charge is 0.416 e. The molecule has 1 amide bonds. The van der Waals surface area contributed by atoms with Crippen molar-refractivity contribution >= 4 is 34.1 Å². The molecule has 6 nitrogen and oxygen atoms in total. The van der Waals surface area contributed by atoms with E-state index in [0.717, 1.165) is 25.0 Å². The number of thiazole rings is 1.